The Balaban J connectivity index is 2.65. The standard InChI is InChI=1S/C13H12O3S4/c14-2-1-5-3-6(15)9(11(5)16)10-7(17)4-8(18)12(19)13(10)20/h2,4-5,16-20H,1,3H2. The first-order valence-corrected chi connectivity index (χ1v) is 7.54. The lowest BCUT2D eigenvalue weighted by Gasteiger charge is -2.13. The third-order valence-electron chi connectivity index (χ3n) is 3.22. The van der Waals surface area contributed by atoms with Gasteiger partial charge in [0.25, 0.3) is 0 Å². The summed E-state index contributed by atoms with van der Waals surface area (Å²) in [4.78, 5) is 24.7. The highest BCUT2D eigenvalue weighted by Gasteiger charge is 2.35. The Morgan fingerprint density at radius 2 is 1.85 bits per heavy atom. The van der Waals surface area contributed by atoms with Gasteiger partial charge in [-0.2, -0.15) is 0 Å². The molecule has 1 N–H and O–H groups in total. The smallest absolute Gasteiger partial charge is 0.167 e. The van der Waals surface area contributed by atoms with Crippen LogP contribution in [-0.2, 0) is 9.59 Å². The largest absolute Gasteiger partial charge is 0.511 e. The maximum absolute atomic E-state index is 12.1. The molecule has 0 bridgehead atoms. The number of allylic oxidation sites excluding steroid dienone is 2. The molecule has 1 aromatic rings. The van der Waals surface area contributed by atoms with Gasteiger partial charge in [-0.3, -0.25) is 4.79 Å². The summed E-state index contributed by atoms with van der Waals surface area (Å²) >= 11 is 17.2. The van der Waals surface area contributed by atoms with Crippen molar-refractivity contribution in [3.05, 3.63) is 17.4 Å². The highest BCUT2D eigenvalue weighted by molar-refractivity contribution is 7.85. The minimum atomic E-state index is -0.463. The summed E-state index contributed by atoms with van der Waals surface area (Å²) in [6.45, 7) is 0. The highest BCUT2D eigenvalue weighted by Crippen LogP contribution is 2.43. The lowest BCUT2D eigenvalue weighted by Crippen LogP contribution is -2.01. The number of aliphatic hydroxyl groups is 1. The average Bonchev–Trinajstić information content (AvgIpc) is 2.64. The number of hydrogen-bond donors (Lipinski definition) is 5. The van der Waals surface area contributed by atoms with Crippen LogP contribution < -0.4 is 0 Å². The van der Waals surface area contributed by atoms with Gasteiger partial charge in [0.1, 0.15) is 12.0 Å². The molecule has 0 fully saturated rings. The van der Waals surface area contributed by atoms with Gasteiger partial charge in [-0.15, -0.1) is 50.5 Å². The summed E-state index contributed by atoms with van der Waals surface area (Å²) in [5, 5.41) is 10.2. The Kier molecular flexibility index (Phi) is 4.84. The van der Waals surface area contributed by atoms with Gasteiger partial charge in [-0.25, -0.2) is 0 Å². The second kappa shape index (κ2) is 6.09. The SMILES string of the molecule is O=CCC1CC(=O)C(c2c(S)cc(S)c(S)c2S)=C1O. The third kappa shape index (κ3) is 2.64. The van der Waals surface area contributed by atoms with Gasteiger partial charge >= 0.3 is 0 Å². The molecular weight excluding hydrogens is 332 g/mol. The maximum Gasteiger partial charge on any atom is 0.167 e. The fraction of sp³-hybridized carbons (Fsp3) is 0.231. The molecule has 1 aliphatic rings. The second-order valence-corrected chi connectivity index (χ2v) is 6.33. The van der Waals surface area contributed by atoms with E-state index in [0.29, 0.717) is 31.4 Å². The lowest BCUT2D eigenvalue weighted by atomic mass is 10.0. The fourth-order valence-electron chi connectivity index (χ4n) is 2.23. The van der Waals surface area contributed by atoms with Crippen molar-refractivity contribution in [2.24, 2.45) is 5.92 Å². The van der Waals surface area contributed by atoms with Crippen molar-refractivity contribution in [3.8, 4) is 0 Å². The molecule has 7 heteroatoms. The molecule has 1 unspecified atom stereocenters. The van der Waals surface area contributed by atoms with Crippen molar-refractivity contribution < 1.29 is 14.7 Å². The van der Waals surface area contributed by atoms with Gasteiger partial charge in [0.15, 0.2) is 5.78 Å². The molecule has 1 aromatic carbocycles. The Morgan fingerprint density at radius 1 is 1.20 bits per heavy atom. The molecule has 2 rings (SSSR count). The molecular formula is C13H12O3S4. The number of Topliss-reactive ketones (excluding diaryl/α,β-unsaturated/α-hetero) is 1. The first kappa shape index (κ1) is 15.9. The van der Waals surface area contributed by atoms with Crippen LogP contribution in [0.5, 0.6) is 0 Å². The number of hydrogen-bond acceptors (Lipinski definition) is 7. The number of ketones is 1. The van der Waals surface area contributed by atoms with E-state index >= 15 is 0 Å². The number of benzene rings is 1. The van der Waals surface area contributed by atoms with E-state index in [4.69, 9.17) is 0 Å². The Hall–Kier alpha value is -0.500. The van der Waals surface area contributed by atoms with E-state index in [1.807, 2.05) is 0 Å². The van der Waals surface area contributed by atoms with E-state index in [9.17, 15) is 14.7 Å². The van der Waals surface area contributed by atoms with Crippen LogP contribution in [-0.4, -0.2) is 17.2 Å². The van der Waals surface area contributed by atoms with E-state index < -0.39 is 5.92 Å². The van der Waals surface area contributed by atoms with Crippen molar-refractivity contribution in [1.82, 2.24) is 0 Å². The summed E-state index contributed by atoms with van der Waals surface area (Å²) in [7, 11) is 0. The summed E-state index contributed by atoms with van der Waals surface area (Å²) in [6.07, 6.45) is 0.926. The number of aliphatic hydroxyl groups excluding tert-OH is 1. The first-order valence-electron chi connectivity index (χ1n) is 5.75. The molecule has 0 saturated carbocycles. The number of carbonyl (C=O) groups is 2. The minimum Gasteiger partial charge on any atom is -0.511 e. The van der Waals surface area contributed by atoms with Gasteiger partial charge in [0, 0.05) is 43.9 Å². The molecule has 0 radical (unpaired) electrons. The van der Waals surface area contributed by atoms with Crippen molar-refractivity contribution in [1.29, 1.82) is 0 Å². The summed E-state index contributed by atoms with van der Waals surface area (Å²) in [6, 6.07) is 1.64. The van der Waals surface area contributed by atoms with Crippen molar-refractivity contribution in [2.45, 2.75) is 32.4 Å². The summed E-state index contributed by atoms with van der Waals surface area (Å²) < 4.78 is 0. The van der Waals surface area contributed by atoms with Crippen LogP contribution in [0.15, 0.2) is 31.4 Å². The summed E-state index contributed by atoms with van der Waals surface area (Å²) in [5.74, 6) is -0.763. The number of carbonyl (C=O) groups excluding carboxylic acids is 2. The zero-order valence-electron chi connectivity index (χ0n) is 10.2. The third-order valence-corrected chi connectivity index (χ3v) is 5.19. The van der Waals surface area contributed by atoms with Crippen LogP contribution in [0.25, 0.3) is 5.57 Å². The Bertz CT molecular complexity index is 637. The first-order chi connectivity index (χ1) is 9.38. The quantitative estimate of drug-likeness (QED) is 0.432. The highest BCUT2D eigenvalue weighted by atomic mass is 32.1. The number of thiol groups is 4. The maximum atomic E-state index is 12.1. The molecule has 0 aromatic heterocycles. The van der Waals surface area contributed by atoms with E-state index in [1.165, 1.54) is 0 Å². The molecule has 0 saturated heterocycles. The second-order valence-electron chi connectivity index (χ2n) is 4.47. The van der Waals surface area contributed by atoms with Crippen LogP contribution >= 0.6 is 50.5 Å². The molecule has 0 spiro atoms. The van der Waals surface area contributed by atoms with Crippen LogP contribution in [0.3, 0.4) is 0 Å². The van der Waals surface area contributed by atoms with Crippen LogP contribution in [0.4, 0.5) is 0 Å². The zero-order valence-corrected chi connectivity index (χ0v) is 13.8. The number of rotatable bonds is 3. The molecule has 1 aliphatic carbocycles. The molecule has 3 nitrogen and oxygen atoms in total. The molecule has 1 atom stereocenters. The van der Waals surface area contributed by atoms with Gasteiger partial charge in [-0.05, 0) is 6.07 Å². The van der Waals surface area contributed by atoms with E-state index in [-0.39, 0.29) is 30.0 Å². The van der Waals surface area contributed by atoms with Crippen molar-refractivity contribution in [2.75, 3.05) is 0 Å². The monoisotopic (exact) mass is 344 g/mol. The van der Waals surface area contributed by atoms with E-state index in [1.54, 1.807) is 6.07 Å². The zero-order chi connectivity index (χ0) is 15.0. The van der Waals surface area contributed by atoms with Crippen LogP contribution in [0.2, 0.25) is 0 Å². The fourth-order valence-corrected chi connectivity index (χ4v) is 3.63. The molecule has 0 aliphatic heterocycles. The minimum absolute atomic E-state index is 0.0765. The molecule has 0 amide bonds. The Morgan fingerprint density at radius 3 is 2.45 bits per heavy atom. The summed E-state index contributed by atoms with van der Waals surface area (Å²) in [5.41, 5.74) is 0.617. The predicted octanol–water partition coefficient (Wildman–Crippen LogP) is 3.29. The van der Waals surface area contributed by atoms with Gasteiger partial charge in [0.05, 0.1) is 5.57 Å². The van der Waals surface area contributed by atoms with Gasteiger partial charge in [-0.1, -0.05) is 0 Å². The lowest BCUT2D eigenvalue weighted by molar-refractivity contribution is -0.114. The van der Waals surface area contributed by atoms with Gasteiger partial charge < -0.3 is 9.90 Å². The van der Waals surface area contributed by atoms with Gasteiger partial charge in [0.2, 0.25) is 0 Å². The number of aldehydes is 1. The average molecular weight is 345 g/mol. The normalized spacial score (nSPS) is 18.8. The molecule has 106 valence electrons. The van der Waals surface area contributed by atoms with Crippen LogP contribution in [0.1, 0.15) is 18.4 Å². The Labute approximate surface area is 138 Å². The predicted molar refractivity (Wildman–Crippen MR) is 88.8 cm³/mol. The van der Waals surface area contributed by atoms with E-state index in [0.717, 1.165) is 0 Å². The van der Waals surface area contributed by atoms with E-state index in [2.05, 4.69) is 50.5 Å². The van der Waals surface area contributed by atoms with Crippen molar-refractivity contribution in [3.63, 3.8) is 0 Å². The van der Waals surface area contributed by atoms with Crippen molar-refractivity contribution >= 4 is 68.2 Å². The topological polar surface area (TPSA) is 54.4 Å². The molecule has 20 heavy (non-hydrogen) atoms. The van der Waals surface area contributed by atoms with Crippen LogP contribution in [0, 0.1) is 5.92 Å². The molecule has 0 heterocycles.